The second-order valence-electron chi connectivity index (χ2n) is 3.77. The van der Waals surface area contributed by atoms with Crippen molar-refractivity contribution in [3.8, 4) is 0 Å². The maximum atomic E-state index is 13.2. The lowest BCUT2D eigenvalue weighted by molar-refractivity contribution is 0.600. The molecular formula is C11H11BrClFS. The molecule has 0 bridgehead atoms. The first-order valence-corrected chi connectivity index (χ1v) is 7.27. The monoisotopic (exact) mass is 308 g/mol. The van der Waals surface area contributed by atoms with Crippen molar-refractivity contribution in [2.45, 2.75) is 11.2 Å². The van der Waals surface area contributed by atoms with E-state index in [0.29, 0.717) is 10.7 Å². The van der Waals surface area contributed by atoms with Gasteiger partial charge >= 0.3 is 0 Å². The maximum Gasteiger partial charge on any atom is 0.142 e. The quantitative estimate of drug-likeness (QED) is 0.740. The van der Waals surface area contributed by atoms with Gasteiger partial charge in [0.1, 0.15) is 5.82 Å². The molecule has 1 aromatic carbocycles. The largest absolute Gasteiger partial charge is 0.205 e. The summed E-state index contributed by atoms with van der Waals surface area (Å²) in [6.07, 6.45) is 0.928. The molecular weight excluding hydrogens is 299 g/mol. The fraction of sp³-hybridized carbons (Fsp3) is 0.455. The molecule has 0 aromatic heterocycles. The van der Waals surface area contributed by atoms with E-state index < -0.39 is 0 Å². The Morgan fingerprint density at radius 2 is 2.27 bits per heavy atom. The highest BCUT2D eigenvalue weighted by molar-refractivity contribution is 9.09. The molecule has 0 saturated carbocycles. The number of halogens is 3. The van der Waals surface area contributed by atoms with E-state index in [4.69, 9.17) is 11.6 Å². The van der Waals surface area contributed by atoms with E-state index in [-0.39, 0.29) is 10.8 Å². The summed E-state index contributed by atoms with van der Waals surface area (Å²) in [5, 5.41) is 0.204. The van der Waals surface area contributed by atoms with Gasteiger partial charge in [-0.05, 0) is 35.8 Å². The van der Waals surface area contributed by atoms with Crippen molar-refractivity contribution in [1.29, 1.82) is 0 Å². The zero-order valence-electron chi connectivity index (χ0n) is 8.05. The van der Waals surface area contributed by atoms with Gasteiger partial charge in [0.25, 0.3) is 0 Å². The molecule has 2 unspecified atom stereocenters. The van der Waals surface area contributed by atoms with Gasteiger partial charge in [-0.15, -0.1) is 0 Å². The second-order valence-corrected chi connectivity index (χ2v) is 6.42. The normalized spacial score (nSPS) is 25.8. The fourth-order valence-electron chi connectivity index (χ4n) is 1.73. The van der Waals surface area contributed by atoms with Crippen LogP contribution in [-0.4, -0.2) is 16.3 Å². The van der Waals surface area contributed by atoms with Gasteiger partial charge in [-0.1, -0.05) is 33.6 Å². The molecule has 2 rings (SSSR count). The van der Waals surface area contributed by atoms with Gasteiger partial charge < -0.3 is 0 Å². The number of benzene rings is 1. The summed E-state index contributed by atoms with van der Waals surface area (Å²) < 4.78 is 13.2. The van der Waals surface area contributed by atoms with E-state index in [1.54, 1.807) is 12.1 Å². The van der Waals surface area contributed by atoms with E-state index >= 15 is 0 Å². The van der Waals surface area contributed by atoms with Gasteiger partial charge in [0.05, 0.1) is 5.02 Å². The van der Waals surface area contributed by atoms with Crippen LogP contribution in [0.3, 0.4) is 0 Å². The first-order valence-electron chi connectivity index (χ1n) is 4.82. The molecule has 1 aliphatic rings. The molecule has 0 aliphatic carbocycles. The van der Waals surface area contributed by atoms with Crippen LogP contribution in [0, 0.1) is 11.7 Å². The predicted molar refractivity (Wildman–Crippen MR) is 68.6 cm³/mol. The summed E-state index contributed by atoms with van der Waals surface area (Å²) in [7, 11) is 0. The molecule has 0 spiro atoms. The van der Waals surface area contributed by atoms with Crippen LogP contribution in [0.15, 0.2) is 18.2 Å². The molecule has 4 heteroatoms. The minimum Gasteiger partial charge on any atom is -0.205 e. The van der Waals surface area contributed by atoms with E-state index in [2.05, 4.69) is 15.9 Å². The Labute approximate surface area is 107 Å². The van der Waals surface area contributed by atoms with Crippen LogP contribution < -0.4 is 0 Å². The van der Waals surface area contributed by atoms with Crippen LogP contribution in [0.1, 0.15) is 5.56 Å². The highest BCUT2D eigenvalue weighted by atomic mass is 79.9. The lowest BCUT2D eigenvalue weighted by Gasteiger charge is -2.12. The van der Waals surface area contributed by atoms with Crippen molar-refractivity contribution >= 4 is 39.3 Å². The van der Waals surface area contributed by atoms with Crippen LogP contribution in [0.2, 0.25) is 5.02 Å². The fourth-order valence-corrected chi connectivity index (χ4v) is 4.31. The molecule has 1 aliphatic heterocycles. The van der Waals surface area contributed by atoms with E-state index in [1.807, 2.05) is 17.8 Å². The molecule has 82 valence electrons. The second kappa shape index (κ2) is 5.07. The maximum absolute atomic E-state index is 13.2. The van der Waals surface area contributed by atoms with Crippen LogP contribution in [0.5, 0.6) is 0 Å². The van der Waals surface area contributed by atoms with Crippen molar-refractivity contribution < 1.29 is 4.39 Å². The molecule has 1 aromatic rings. The molecule has 1 saturated heterocycles. The van der Waals surface area contributed by atoms with Crippen molar-refractivity contribution in [2.24, 2.45) is 5.92 Å². The third-order valence-electron chi connectivity index (χ3n) is 2.60. The summed E-state index contributed by atoms with van der Waals surface area (Å²) >= 11 is 11.2. The number of rotatable bonds is 2. The van der Waals surface area contributed by atoms with Gasteiger partial charge in [0, 0.05) is 10.6 Å². The smallest absolute Gasteiger partial charge is 0.142 e. The van der Waals surface area contributed by atoms with E-state index in [0.717, 1.165) is 23.5 Å². The first kappa shape index (κ1) is 11.7. The van der Waals surface area contributed by atoms with Crippen molar-refractivity contribution in [3.63, 3.8) is 0 Å². The van der Waals surface area contributed by atoms with Gasteiger partial charge in [0.2, 0.25) is 0 Å². The Balaban J connectivity index is 2.07. The summed E-state index contributed by atoms with van der Waals surface area (Å²) in [6.45, 7) is 0. The number of hydrogen-bond acceptors (Lipinski definition) is 1. The number of alkyl halides is 1. The zero-order valence-corrected chi connectivity index (χ0v) is 11.2. The van der Waals surface area contributed by atoms with Gasteiger partial charge in [-0.3, -0.25) is 0 Å². The number of hydrogen-bond donors (Lipinski definition) is 0. The van der Waals surface area contributed by atoms with Gasteiger partial charge in [-0.25, -0.2) is 4.39 Å². The Bertz CT molecular complexity index is 358. The van der Waals surface area contributed by atoms with Gasteiger partial charge in [0.15, 0.2) is 0 Å². The van der Waals surface area contributed by atoms with Crippen LogP contribution >= 0.6 is 39.3 Å². The van der Waals surface area contributed by atoms with Crippen LogP contribution in [0.25, 0.3) is 0 Å². The van der Waals surface area contributed by atoms with Crippen molar-refractivity contribution in [1.82, 2.24) is 0 Å². The minimum absolute atomic E-state index is 0.204. The Morgan fingerprint density at radius 3 is 2.87 bits per heavy atom. The minimum atomic E-state index is -0.314. The topological polar surface area (TPSA) is 0 Å². The summed E-state index contributed by atoms with van der Waals surface area (Å²) in [6, 6.07) is 5.09. The van der Waals surface area contributed by atoms with Crippen LogP contribution in [0.4, 0.5) is 4.39 Å². The molecule has 15 heavy (non-hydrogen) atoms. The predicted octanol–water partition coefficient (Wildman–Crippen LogP) is 4.15. The summed E-state index contributed by atoms with van der Waals surface area (Å²) in [4.78, 5) is 0.557. The Kier molecular flexibility index (Phi) is 3.97. The van der Waals surface area contributed by atoms with Crippen LogP contribution in [-0.2, 0) is 6.42 Å². The van der Waals surface area contributed by atoms with Crippen molar-refractivity contribution in [3.05, 3.63) is 34.6 Å². The summed E-state index contributed by atoms with van der Waals surface area (Å²) in [5.41, 5.74) is 1.04. The van der Waals surface area contributed by atoms with Gasteiger partial charge in [-0.2, -0.15) is 11.8 Å². The molecule has 0 N–H and O–H groups in total. The SMILES string of the molecule is Fc1cc(CC2CSCC2Br)ccc1Cl. The highest BCUT2D eigenvalue weighted by Gasteiger charge is 2.25. The van der Waals surface area contributed by atoms with E-state index in [1.165, 1.54) is 0 Å². The molecule has 0 radical (unpaired) electrons. The third-order valence-corrected chi connectivity index (χ3v) is 5.67. The Hall–Kier alpha value is 0.270. The van der Waals surface area contributed by atoms with E-state index in [9.17, 15) is 4.39 Å². The summed E-state index contributed by atoms with van der Waals surface area (Å²) in [5.74, 6) is 2.60. The molecule has 1 heterocycles. The standard InChI is InChI=1S/C11H11BrClFS/c12-9-6-15-5-8(9)3-7-1-2-10(13)11(14)4-7/h1-2,4,8-9H,3,5-6H2. The molecule has 2 atom stereocenters. The average molecular weight is 310 g/mol. The lowest BCUT2D eigenvalue weighted by atomic mass is 9.99. The lowest BCUT2D eigenvalue weighted by Crippen LogP contribution is -2.14. The molecule has 1 fully saturated rings. The molecule has 0 amide bonds. The highest BCUT2D eigenvalue weighted by Crippen LogP contribution is 2.32. The number of thioether (sulfide) groups is 1. The molecule has 0 nitrogen and oxygen atoms in total. The first-order chi connectivity index (χ1) is 7.16. The van der Waals surface area contributed by atoms with Crippen molar-refractivity contribution in [2.75, 3.05) is 11.5 Å². The Morgan fingerprint density at radius 1 is 1.47 bits per heavy atom. The zero-order chi connectivity index (χ0) is 10.8. The average Bonchev–Trinajstić information content (AvgIpc) is 2.59. The third kappa shape index (κ3) is 2.89.